The number of nitriles is 1. The second-order valence-corrected chi connectivity index (χ2v) is 7.89. The van der Waals surface area contributed by atoms with E-state index in [2.05, 4.69) is 5.32 Å². The zero-order chi connectivity index (χ0) is 22.5. The fourth-order valence-electron chi connectivity index (χ4n) is 4.27. The van der Waals surface area contributed by atoms with Crippen LogP contribution in [0.2, 0.25) is 0 Å². The van der Waals surface area contributed by atoms with Crippen LogP contribution in [-0.2, 0) is 14.3 Å². The number of amides is 2. The van der Waals surface area contributed by atoms with Crippen molar-refractivity contribution in [3.63, 3.8) is 0 Å². The first kappa shape index (κ1) is 22.0. The summed E-state index contributed by atoms with van der Waals surface area (Å²) in [6.45, 7) is 0.970. The van der Waals surface area contributed by atoms with Crippen molar-refractivity contribution >= 4 is 17.5 Å². The number of carbonyl (C=O) groups excluding carboxylic acids is 2. The maximum absolute atomic E-state index is 12.6. The van der Waals surface area contributed by atoms with Gasteiger partial charge in [-0.25, -0.2) is 0 Å². The summed E-state index contributed by atoms with van der Waals surface area (Å²) in [5, 5.41) is 21.8. The number of nitrogens with zero attached hydrogens (tertiary/aromatic N) is 2. The van der Waals surface area contributed by atoms with E-state index in [1.165, 1.54) is 0 Å². The average Bonchev–Trinajstić information content (AvgIpc) is 2.85. The van der Waals surface area contributed by atoms with Gasteiger partial charge >= 0.3 is 0 Å². The number of carbonyl (C=O) groups is 2. The molecule has 2 fully saturated rings. The van der Waals surface area contributed by atoms with Gasteiger partial charge < -0.3 is 24.8 Å². The number of anilines is 1. The third-order valence-corrected chi connectivity index (χ3v) is 5.93. The van der Waals surface area contributed by atoms with E-state index in [9.17, 15) is 14.7 Å². The lowest BCUT2D eigenvalue weighted by Crippen LogP contribution is -2.57. The lowest BCUT2D eigenvalue weighted by Gasteiger charge is -2.45. The molecule has 2 amide bonds. The molecule has 2 saturated heterocycles. The van der Waals surface area contributed by atoms with E-state index in [-0.39, 0.29) is 31.1 Å². The Kier molecular flexibility index (Phi) is 6.81. The second kappa shape index (κ2) is 9.92. The van der Waals surface area contributed by atoms with E-state index < -0.39 is 12.1 Å². The van der Waals surface area contributed by atoms with E-state index in [1.54, 1.807) is 41.3 Å². The van der Waals surface area contributed by atoms with Gasteiger partial charge in [0.2, 0.25) is 5.91 Å². The summed E-state index contributed by atoms with van der Waals surface area (Å²) in [7, 11) is 0. The molecule has 166 valence electrons. The molecular weight excluding hydrogens is 410 g/mol. The number of morpholine rings is 1. The maximum atomic E-state index is 12.6. The predicted molar refractivity (Wildman–Crippen MR) is 116 cm³/mol. The third-order valence-electron chi connectivity index (χ3n) is 5.93. The highest BCUT2D eigenvalue weighted by atomic mass is 16.5. The van der Waals surface area contributed by atoms with Crippen LogP contribution in [0.3, 0.4) is 0 Å². The minimum atomic E-state index is -0.474. The molecule has 4 rings (SSSR count). The Balaban J connectivity index is 1.46. The van der Waals surface area contributed by atoms with E-state index in [1.807, 2.05) is 18.2 Å². The molecule has 0 aromatic heterocycles. The molecule has 0 aliphatic carbocycles. The summed E-state index contributed by atoms with van der Waals surface area (Å²) in [5.41, 5.74) is 2.38. The van der Waals surface area contributed by atoms with Crippen LogP contribution >= 0.6 is 0 Å². The maximum Gasteiger partial charge on any atom is 0.255 e. The number of hydrogen-bond donors (Lipinski definition) is 2. The Hall–Kier alpha value is -3.25. The summed E-state index contributed by atoms with van der Waals surface area (Å²) in [5.74, 6) is -0.390. The smallest absolute Gasteiger partial charge is 0.255 e. The minimum Gasteiger partial charge on any atom is -0.394 e. The van der Waals surface area contributed by atoms with Gasteiger partial charge in [0.1, 0.15) is 12.7 Å². The highest BCUT2D eigenvalue weighted by Gasteiger charge is 2.41. The van der Waals surface area contributed by atoms with Crippen LogP contribution in [0.15, 0.2) is 48.5 Å². The molecule has 0 spiro atoms. The summed E-state index contributed by atoms with van der Waals surface area (Å²) in [6, 6.07) is 15.2. The Morgan fingerprint density at radius 2 is 1.81 bits per heavy atom. The van der Waals surface area contributed by atoms with Crippen molar-refractivity contribution in [1.82, 2.24) is 4.90 Å². The highest BCUT2D eigenvalue weighted by molar-refractivity contribution is 6.04. The van der Waals surface area contributed by atoms with Crippen LogP contribution in [0.4, 0.5) is 5.69 Å². The lowest BCUT2D eigenvalue weighted by molar-refractivity contribution is -0.168. The van der Waals surface area contributed by atoms with Crippen molar-refractivity contribution < 1.29 is 24.2 Å². The van der Waals surface area contributed by atoms with Crippen molar-refractivity contribution in [2.75, 3.05) is 31.7 Å². The molecule has 2 atom stereocenters. The standard InChI is InChI=1S/C24H25N3O5/c25-13-16-1-3-18(4-2-16)24(30)26-19-7-5-17(6-8-19)23-21(14-28)27(22(29)15-32-23)20-9-11-31-12-10-20/h1-8,20-21,23,28H,9-12,14-15H2,(H,26,30)/t21-,23-/m1/s1. The number of rotatable bonds is 5. The zero-order valence-electron chi connectivity index (χ0n) is 17.6. The van der Waals surface area contributed by atoms with Gasteiger partial charge in [0.15, 0.2) is 0 Å². The van der Waals surface area contributed by atoms with Crippen molar-refractivity contribution in [3.8, 4) is 6.07 Å². The number of aliphatic hydroxyl groups excluding tert-OH is 1. The number of benzene rings is 2. The normalized spacial score (nSPS) is 21.8. The van der Waals surface area contributed by atoms with Crippen LogP contribution in [-0.4, -0.2) is 60.3 Å². The fourth-order valence-corrected chi connectivity index (χ4v) is 4.27. The zero-order valence-corrected chi connectivity index (χ0v) is 17.6. The lowest BCUT2D eigenvalue weighted by atomic mass is 9.95. The first-order chi connectivity index (χ1) is 15.6. The summed E-state index contributed by atoms with van der Waals surface area (Å²) >= 11 is 0. The van der Waals surface area contributed by atoms with Crippen LogP contribution in [0, 0.1) is 11.3 Å². The first-order valence-corrected chi connectivity index (χ1v) is 10.6. The molecule has 2 aromatic rings. The van der Waals surface area contributed by atoms with Gasteiger partial charge in [-0.2, -0.15) is 5.26 Å². The number of ether oxygens (including phenoxy) is 2. The third kappa shape index (κ3) is 4.65. The Labute approximate surface area is 186 Å². The number of nitrogens with one attached hydrogen (secondary N) is 1. The summed E-state index contributed by atoms with van der Waals surface area (Å²) in [6.07, 6.45) is 1.04. The molecular formula is C24H25N3O5. The quantitative estimate of drug-likeness (QED) is 0.745. The van der Waals surface area contributed by atoms with Crippen LogP contribution < -0.4 is 5.32 Å². The van der Waals surface area contributed by atoms with Crippen molar-refractivity contribution in [1.29, 1.82) is 5.26 Å². The van der Waals surface area contributed by atoms with Gasteiger partial charge in [0.25, 0.3) is 5.91 Å². The van der Waals surface area contributed by atoms with Crippen LogP contribution in [0.1, 0.15) is 40.4 Å². The SMILES string of the molecule is N#Cc1ccc(C(=O)Nc2ccc([C@H]3OCC(=O)N(C4CCOCC4)[C@@H]3CO)cc2)cc1. The molecule has 2 N–H and O–H groups in total. The minimum absolute atomic E-state index is 0.0320. The van der Waals surface area contributed by atoms with Gasteiger partial charge in [0.05, 0.1) is 24.3 Å². The highest BCUT2D eigenvalue weighted by Crippen LogP contribution is 2.33. The van der Waals surface area contributed by atoms with Gasteiger partial charge in [-0.15, -0.1) is 0 Å². The fraction of sp³-hybridized carbons (Fsp3) is 0.375. The average molecular weight is 435 g/mol. The van der Waals surface area contributed by atoms with Gasteiger partial charge in [-0.05, 0) is 54.8 Å². The van der Waals surface area contributed by atoms with E-state index >= 15 is 0 Å². The van der Waals surface area contributed by atoms with Crippen molar-refractivity contribution in [3.05, 3.63) is 65.2 Å². The Morgan fingerprint density at radius 1 is 1.12 bits per heavy atom. The molecule has 0 radical (unpaired) electrons. The van der Waals surface area contributed by atoms with Gasteiger partial charge in [-0.1, -0.05) is 12.1 Å². The molecule has 8 nitrogen and oxygen atoms in total. The summed E-state index contributed by atoms with van der Waals surface area (Å²) in [4.78, 5) is 26.8. The molecule has 2 heterocycles. The molecule has 32 heavy (non-hydrogen) atoms. The topological polar surface area (TPSA) is 112 Å². The largest absolute Gasteiger partial charge is 0.394 e. The molecule has 2 aromatic carbocycles. The van der Waals surface area contributed by atoms with Crippen LogP contribution in [0.25, 0.3) is 0 Å². The van der Waals surface area contributed by atoms with Crippen molar-refractivity contribution in [2.45, 2.75) is 31.0 Å². The molecule has 0 saturated carbocycles. The molecule has 2 aliphatic rings. The van der Waals surface area contributed by atoms with Crippen LogP contribution in [0.5, 0.6) is 0 Å². The van der Waals surface area contributed by atoms with Gasteiger partial charge in [0, 0.05) is 30.5 Å². The first-order valence-electron chi connectivity index (χ1n) is 10.6. The molecule has 0 unspecified atom stereocenters. The summed E-state index contributed by atoms with van der Waals surface area (Å²) < 4.78 is 11.2. The second-order valence-electron chi connectivity index (χ2n) is 7.89. The molecule has 0 bridgehead atoms. The molecule has 8 heteroatoms. The Bertz CT molecular complexity index is 994. The predicted octanol–water partition coefficient (Wildman–Crippen LogP) is 2.25. The Morgan fingerprint density at radius 3 is 2.44 bits per heavy atom. The van der Waals surface area contributed by atoms with E-state index in [0.29, 0.717) is 30.0 Å². The van der Waals surface area contributed by atoms with E-state index in [0.717, 1.165) is 18.4 Å². The number of aliphatic hydroxyl groups is 1. The van der Waals surface area contributed by atoms with Crippen molar-refractivity contribution in [2.24, 2.45) is 0 Å². The van der Waals surface area contributed by atoms with Gasteiger partial charge in [-0.3, -0.25) is 9.59 Å². The van der Waals surface area contributed by atoms with E-state index in [4.69, 9.17) is 14.7 Å². The molecule has 2 aliphatic heterocycles. The monoisotopic (exact) mass is 435 g/mol. The number of hydrogen-bond acceptors (Lipinski definition) is 6.